The van der Waals surface area contributed by atoms with Gasteiger partial charge in [-0.2, -0.15) is 0 Å². The van der Waals surface area contributed by atoms with Crippen molar-refractivity contribution in [3.05, 3.63) is 0 Å². The molecule has 0 fully saturated rings. The Morgan fingerprint density at radius 3 is 2.22 bits per heavy atom. The summed E-state index contributed by atoms with van der Waals surface area (Å²) in [5, 5.41) is 18.1. The molecule has 0 aromatic carbocycles. The van der Waals surface area contributed by atoms with E-state index in [1.807, 2.05) is 0 Å². The van der Waals surface area contributed by atoms with E-state index in [2.05, 4.69) is 0 Å². The maximum Gasteiger partial charge on any atom is 0.337 e. The minimum absolute atomic E-state index is 0.365. The number of aliphatic hydroxyl groups is 1. The van der Waals surface area contributed by atoms with E-state index in [1.165, 1.54) is 21.1 Å². The van der Waals surface area contributed by atoms with E-state index in [0.717, 1.165) is 0 Å². The molecule has 8 nitrogen and oxygen atoms in total. The lowest BCUT2D eigenvalue weighted by Gasteiger charge is -2.21. The van der Waals surface area contributed by atoms with Gasteiger partial charge in [0, 0.05) is 14.2 Å². The number of carbonyl (C=O) groups excluding carboxylic acids is 1. The van der Waals surface area contributed by atoms with E-state index >= 15 is 0 Å². The third-order valence-electron chi connectivity index (χ3n) is 2.44. The second-order valence-corrected chi connectivity index (χ2v) is 3.65. The van der Waals surface area contributed by atoms with Crippen molar-refractivity contribution in [3.63, 3.8) is 0 Å². The molecule has 8 heteroatoms. The van der Waals surface area contributed by atoms with Gasteiger partial charge in [-0.1, -0.05) is 0 Å². The molecular formula is C10H19NO7. The molecule has 0 bridgehead atoms. The lowest BCUT2D eigenvalue weighted by atomic mass is 10.2. The number of carboxylic acids is 1. The molecule has 0 unspecified atom stereocenters. The highest BCUT2D eigenvalue weighted by molar-refractivity contribution is 5.76. The minimum Gasteiger partial charge on any atom is -0.480 e. The van der Waals surface area contributed by atoms with Gasteiger partial charge in [-0.25, -0.2) is 4.79 Å². The van der Waals surface area contributed by atoms with Crippen LogP contribution in [-0.4, -0.2) is 67.3 Å². The number of hydrogen-bond donors (Lipinski definition) is 3. The zero-order valence-corrected chi connectivity index (χ0v) is 10.5. The van der Waals surface area contributed by atoms with Crippen molar-refractivity contribution < 1.29 is 34.0 Å². The zero-order valence-electron chi connectivity index (χ0n) is 10.5. The number of aliphatic hydroxyl groups excluding tert-OH is 1. The van der Waals surface area contributed by atoms with Crippen LogP contribution in [0.25, 0.3) is 0 Å². The predicted octanol–water partition coefficient (Wildman–Crippen LogP) is -1.65. The summed E-state index contributed by atoms with van der Waals surface area (Å²) in [5.74, 6) is -2.20. The number of hydrogen-bond acceptors (Lipinski definition) is 7. The summed E-state index contributed by atoms with van der Waals surface area (Å²) in [5.41, 5.74) is 5.32. The fraction of sp³-hybridized carbons (Fsp3) is 0.800. The first-order valence-electron chi connectivity index (χ1n) is 5.23. The van der Waals surface area contributed by atoms with E-state index in [-0.39, 0.29) is 6.61 Å². The summed E-state index contributed by atoms with van der Waals surface area (Å²) in [7, 11) is 2.58. The van der Waals surface area contributed by atoms with Gasteiger partial charge in [0.1, 0.15) is 18.8 Å². The third kappa shape index (κ3) is 4.96. The summed E-state index contributed by atoms with van der Waals surface area (Å²) in [4.78, 5) is 22.0. The Bertz CT molecular complexity index is 283. The highest BCUT2D eigenvalue weighted by atomic mass is 16.6. The van der Waals surface area contributed by atoms with Gasteiger partial charge < -0.3 is 30.2 Å². The van der Waals surface area contributed by atoms with Crippen LogP contribution in [0.4, 0.5) is 0 Å². The smallest absolute Gasteiger partial charge is 0.337 e. The molecule has 0 aliphatic carbocycles. The van der Waals surface area contributed by atoms with Crippen LogP contribution in [0.3, 0.4) is 0 Å². The Morgan fingerprint density at radius 1 is 1.28 bits per heavy atom. The van der Waals surface area contributed by atoms with Gasteiger partial charge in [0.15, 0.2) is 6.10 Å². The van der Waals surface area contributed by atoms with Crippen LogP contribution in [0.2, 0.25) is 0 Å². The highest BCUT2D eigenvalue weighted by Gasteiger charge is 2.28. The van der Waals surface area contributed by atoms with Crippen LogP contribution < -0.4 is 5.73 Å². The molecule has 4 N–H and O–H groups in total. The SMILES string of the molecule is CO[C@H](C)[C@H](O)C(=O)OC[C@@H](OC)[C@H](N)C(=O)O. The standard InChI is InChI=1S/C10H19NO7/c1-5(16-2)8(12)10(15)18-4-6(17-3)7(11)9(13)14/h5-8,12H,4,11H2,1-3H3,(H,13,14)/t5-,6-,7+,8+/m1/s1. The van der Waals surface area contributed by atoms with Crippen LogP contribution in [0.15, 0.2) is 0 Å². The van der Waals surface area contributed by atoms with Gasteiger partial charge in [0.25, 0.3) is 0 Å². The van der Waals surface area contributed by atoms with Crippen molar-refractivity contribution in [2.24, 2.45) is 5.73 Å². The minimum atomic E-state index is -1.45. The van der Waals surface area contributed by atoms with Crippen molar-refractivity contribution in [1.29, 1.82) is 0 Å². The van der Waals surface area contributed by atoms with E-state index in [4.69, 9.17) is 25.1 Å². The van der Waals surface area contributed by atoms with Crippen LogP contribution in [0.5, 0.6) is 0 Å². The first kappa shape index (κ1) is 16.8. The number of nitrogens with two attached hydrogens (primary N) is 1. The second kappa shape index (κ2) is 7.98. The quantitative estimate of drug-likeness (QED) is 0.445. The van der Waals surface area contributed by atoms with Gasteiger partial charge in [0.05, 0.1) is 6.10 Å². The van der Waals surface area contributed by atoms with Crippen LogP contribution in [0, 0.1) is 0 Å². The molecule has 0 radical (unpaired) electrons. The monoisotopic (exact) mass is 265 g/mol. The number of methoxy groups -OCH3 is 2. The molecule has 0 saturated carbocycles. The van der Waals surface area contributed by atoms with Crippen molar-refractivity contribution in [2.75, 3.05) is 20.8 Å². The Balaban J connectivity index is 4.29. The largest absolute Gasteiger partial charge is 0.480 e. The molecule has 0 amide bonds. The van der Waals surface area contributed by atoms with Gasteiger partial charge >= 0.3 is 11.9 Å². The Morgan fingerprint density at radius 2 is 1.83 bits per heavy atom. The number of rotatable bonds is 8. The molecule has 0 heterocycles. The average molecular weight is 265 g/mol. The fourth-order valence-corrected chi connectivity index (χ4v) is 1.05. The Kier molecular flexibility index (Phi) is 7.44. The van der Waals surface area contributed by atoms with Gasteiger partial charge in [-0.05, 0) is 6.92 Å². The van der Waals surface area contributed by atoms with Crippen molar-refractivity contribution >= 4 is 11.9 Å². The fourth-order valence-electron chi connectivity index (χ4n) is 1.05. The summed E-state index contributed by atoms with van der Waals surface area (Å²) in [6.45, 7) is 1.12. The highest BCUT2D eigenvalue weighted by Crippen LogP contribution is 2.03. The number of ether oxygens (including phenoxy) is 3. The Labute approximate surface area is 105 Å². The normalized spacial score (nSPS) is 17.6. The molecule has 0 saturated heterocycles. The first-order valence-corrected chi connectivity index (χ1v) is 5.23. The van der Waals surface area contributed by atoms with E-state index in [1.54, 1.807) is 0 Å². The molecule has 4 atom stereocenters. The summed E-state index contributed by atoms with van der Waals surface area (Å²) < 4.78 is 14.3. The molecule has 0 aliphatic heterocycles. The van der Waals surface area contributed by atoms with Crippen molar-refractivity contribution in [2.45, 2.75) is 31.3 Å². The number of aliphatic carboxylic acids is 1. The van der Waals surface area contributed by atoms with E-state index in [9.17, 15) is 14.7 Å². The second-order valence-electron chi connectivity index (χ2n) is 3.65. The lowest BCUT2D eigenvalue weighted by molar-refractivity contribution is -0.165. The molecule has 0 aromatic heterocycles. The molecule has 0 rings (SSSR count). The number of esters is 1. The molecule has 0 aliphatic rings. The predicted molar refractivity (Wildman–Crippen MR) is 59.8 cm³/mol. The van der Waals surface area contributed by atoms with Crippen molar-refractivity contribution in [3.8, 4) is 0 Å². The summed E-state index contributed by atoms with van der Waals surface area (Å²) in [6, 6.07) is -1.32. The van der Waals surface area contributed by atoms with Gasteiger partial charge in [-0.3, -0.25) is 4.79 Å². The van der Waals surface area contributed by atoms with Crippen LogP contribution in [0.1, 0.15) is 6.92 Å². The maximum atomic E-state index is 11.4. The average Bonchev–Trinajstić information content (AvgIpc) is 2.36. The molecule has 0 aromatic rings. The van der Waals surface area contributed by atoms with Crippen LogP contribution >= 0.6 is 0 Å². The first-order chi connectivity index (χ1) is 8.34. The van der Waals surface area contributed by atoms with E-state index < -0.39 is 36.3 Å². The number of carbonyl (C=O) groups is 2. The van der Waals surface area contributed by atoms with Crippen LogP contribution in [-0.2, 0) is 23.8 Å². The maximum absolute atomic E-state index is 11.4. The third-order valence-corrected chi connectivity index (χ3v) is 2.44. The Hall–Kier alpha value is -1.22. The lowest BCUT2D eigenvalue weighted by Crippen LogP contribution is -2.46. The number of carboxylic acid groups (broad SMARTS) is 1. The molecule has 0 spiro atoms. The topological polar surface area (TPSA) is 128 Å². The molecular weight excluding hydrogens is 246 g/mol. The van der Waals surface area contributed by atoms with Crippen molar-refractivity contribution in [1.82, 2.24) is 0 Å². The molecule has 106 valence electrons. The zero-order chi connectivity index (χ0) is 14.3. The van der Waals surface area contributed by atoms with Gasteiger partial charge in [-0.15, -0.1) is 0 Å². The van der Waals surface area contributed by atoms with E-state index in [0.29, 0.717) is 0 Å². The summed E-state index contributed by atoms with van der Waals surface area (Å²) >= 11 is 0. The summed E-state index contributed by atoms with van der Waals surface area (Å²) in [6.07, 6.45) is -3.17. The van der Waals surface area contributed by atoms with Gasteiger partial charge in [0.2, 0.25) is 0 Å². The molecule has 18 heavy (non-hydrogen) atoms.